The Morgan fingerprint density at radius 3 is 1.57 bits per heavy atom. The van der Waals surface area contributed by atoms with Crippen LogP contribution >= 0.6 is 7.82 Å². The first-order valence-electron chi connectivity index (χ1n) is 11.7. The third kappa shape index (κ3) is 8.09. The minimum atomic E-state index is -3.91. The van der Waals surface area contributed by atoms with E-state index in [9.17, 15) is 4.57 Å². The lowest BCUT2D eigenvalue weighted by molar-refractivity contribution is 0.143. The molecule has 0 aliphatic rings. The number of ether oxygens (including phenoxy) is 2. The first-order valence-corrected chi connectivity index (χ1v) is 13.2. The number of methoxy groups -OCH3 is 2. The van der Waals surface area contributed by atoms with Gasteiger partial charge in [0.15, 0.2) is 0 Å². The van der Waals surface area contributed by atoms with E-state index < -0.39 is 7.82 Å². The largest absolute Gasteiger partial charge is 0.530 e. The van der Waals surface area contributed by atoms with Crippen LogP contribution in [0.2, 0.25) is 0 Å². The van der Waals surface area contributed by atoms with E-state index in [1.54, 1.807) is 26.4 Å². The Labute approximate surface area is 217 Å². The lowest BCUT2D eigenvalue weighted by Gasteiger charge is -2.19. The van der Waals surface area contributed by atoms with E-state index in [0.717, 1.165) is 22.3 Å². The molecular weight excluding hydrogens is 487 g/mol. The molecule has 7 heteroatoms. The summed E-state index contributed by atoms with van der Waals surface area (Å²) in [5.41, 5.74) is 3.60. The molecule has 0 N–H and O–H groups in total. The Morgan fingerprint density at radius 1 is 0.595 bits per heavy atom. The van der Waals surface area contributed by atoms with Crippen LogP contribution in [0.5, 0.6) is 17.2 Å². The zero-order chi connectivity index (χ0) is 25.9. The topological polar surface area (TPSA) is 63.2 Å². The molecule has 190 valence electrons. The Kier molecular flexibility index (Phi) is 9.17. The van der Waals surface area contributed by atoms with Crippen molar-refractivity contribution in [3.63, 3.8) is 0 Å². The molecule has 0 atom stereocenters. The highest BCUT2D eigenvalue weighted by atomic mass is 31.2. The predicted molar refractivity (Wildman–Crippen MR) is 146 cm³/mol. The summed E-state index contributed by atoms with van der Waals surface area (Å²) in [5.74, 6) is 1.80. The molecular formula is C30H29O6P. The Morgan fingerprint density at radius 2 is 1.08 bits per heavy atom. The summed E-state index contributed by atoms with van der Waals surface area (Å²) in [6.07, 6.45) is 3.91. The van der Waals surface area contributed by atoms with Crippen molar-refractivity contribution in [3.8, 4) is 17.2 Å². The molecule has 0 aliphatic carbocycles. The summed E-state index contributed by atoms with van der Waals surface area (Å²) in [5, 5.41) is 0. The zero-order valence-corrected chi connectivity index (χ0v) is 21.7. The van der Waals surface area contributed by atoms with Gasteiger partial charge in [0.25, 0.3) is 0 Å². The Balaban J connectivity index is 1.46. The van der Waals surface area contributed by atoms with E-state index in [2.05, 4.69) is 0 Å². The molecule has 0 unspecified atom stereocenters. The van der Waals surface area contributed by atoms with Gasteiger partial charge in [-0.3, -0.25) is 9.05 Å². The van der Waals surface area contributed by atoms with Gasteiger partial charge in [-0.05, 0) is 46.5 Å². The summed E-state index contributed by atoms with van der Waals surface area (Å²) < 4.78 is 41.4. The average molecular weight is 517 g/mol. The standard InChI is InChI=1S/C30H29O6P/c1-32-29-19-27(20-30(21-29)33-2)14-13-24-15-17-28(18-16-24)36-37(31,34-22-25-9-5-3-6-10-25)35-23-26-11-7-4-8-12-26/h3-21H,22-23H2,1-2H3/b14-13-. The highest BCUT2D eigenvalue weighted by molar-refractivity contribution is 7.48. The van der Waals surface area contributed by atoms with E-state index >= 15 is 0 Å². The van der Waals surface area contributed by atoms with Gasteiger partial charge in [0.05, 0.1) is 27.4 Å². The minimum Gasteiger partial charge on any atom is -0.497 e. The van der Waals surface area contributed by atoms with Crippen LogP contribution < -0.4 is 14.0 Å². The van der Waals surface area contributed by atoms with Gasteiger partial charge in [0, 0.05) is 6.07 Å². The van der Waals surface area contributed by atoms with Crippen LogP contribution in [-0.2, 0) is 26.8 Å². The van der Waals surface area contributed by atoms with Crippen molar-refractivity contribution in [2.45, 2.75) is 13.2 Å². The fourth-order valence-corrected chi connectivity index (χ4v) is 4.61. The van der Waals surface area contributed by atoms with Crippen molar-refractivity contribution in [2.75, 3.05) is 14.2 Å². The van der Waals surface area contributed by atoms with Crippen LogP contribution in [0.15, 0.2) is 103 Å². The third-order valence-corrected chi connectivity index (χ3v) is 6.73. The first kappa shape index (κ1) is 26.2. The summed E-state index contributed by atoms with van der Waals surface area (Å²) in [4.78, 5) is 0. The Bertz CT molecular complexity index is 1270. The third-order valence-electron chi connectivity index (χ3n) is 5.40. The molecule has 0 fully saturated rings. The van der Waals surface area contributed by atoms with Gasteiger partial charge in [-0.2, -0.15) is 0 Å². The van der Waals surface area contributed by atoms with Crippen molar-refractivity contribution in [1.29, 1.82) is 0 Å². The normalized spacial score (nSPS) is 11.4. The number of hydrogen-bond donors (Lipinski definition) is 0. The van der Waals surface area contributed by atoms with E-state index in [0.29, 0.717) is 17.2 Å². The number of rotatable bonds is 12. The molecule has 0 aromatic heterocycles. The second-order valence-corrected chi connectivity index (χ2v) is 9.70. The highest BCUT2D eigenvalue weighted by Crippen LogP contribution is 2.51. The lowest BCUT2D eigenvalue weighted by Crippen LogP contribution is -2.03. The number of benzene rings is 4. The average Bonchev–Trinajstić information content (AvgIpc) is 2.95. The lowest BCUT2D eigenvalue weighted by atomic mass is 10.1. The van der Waals surface area contributed by atoms with Gasteiger partial charge in [-0.15, -0.1) is 0 Å². The molecule has 0 aliphatic heterocycles. The van der Waals surface area contributed by atoms with Gasteiger partial charge < -0.3 is 14.0 Å². The molecule has 0 saturated heterocycles. The van der Waals surface area contributed by atoms with Gasteiger partial charge in [0.2, 0.25) is 0 Å². The van der Waals surface area contributed by atoms with Crippen LogP contribution in [0.25, 0.3) is 12.2 Å². The van der Waals surface area contributed by atoms with Crippen molar-refractivity contribution >= 4 is 20.0 Å². The SMILES string of the molecule is COc1cc(/C=C\c2ccc(OP(=O)(OCc3ccccc3)OCc3ccccc3)cc2)cc(OC)c1. The smallest absolute Gasteiger partial charge is 0.497 e. The highest BCUT2D eigenvalue weighted by Gasteiger charge is 2.29. The molecule has 0 amide bonds. The van der Waals surface area contributed by atoms with Crippen LogP contribution in [0, 0.1) is 0 Å². The maximum absolute atomic E-state index is 13.5. The summed E-state index contributed by atoms with van der Waals surface area (Å²) in [7, 11) is -0.679. The molecule has 4 rings (SSSR count). The fraction of sp³-hybridized carbons (Fsp3) is 0.133. The van der Waals surface area contributed by atoms with Crippen molar-refractivity contribution in [3.05, 3.63) is 125 Å². The van der Waals surface area contributed by atoms with Gasteiger partial charge in [-0.1, -0.05) is 84.9 Å². The van der Waals surface area contributed by atoms with Crippen LogP contribution in [0.3, 0.4) is 0 Å². The van der Waals surface area contributed by atoms with Crippen LogP contribution in [0.1, 0.15) is 22.3 Å². The summed E-state index contributed by atoms with van der Waals surface area (Å²) >= 11 is 0. The second kappa shape index (κ2) is 12.9. The quantitative estimate of drug-likeness (QED) is 0.141. The predicted octanol–water partition coefficient (Wildman–Crippen LogP) is 7.79. The molecule has 0 spiro atoms. The van der Waals surface area contributed by atoms with Gasteiger partial charge >= 0.3 is 7.82 Å². The monoisotopic (exact) mass is 516 g/mol. The summed E-state index contributed by atoms with van der Waals surface area (Å²) in [6.45, 7) is 0.190. The van der Waals surface area contributed by atoms with Crippen LogP contribution in [0.4, 0.5) is 0 Å². The maximum Gasteiger partial charge on any atom is 0.530 e. The zero-order valence-electron chi connectivity index (χ0n) is 20.8. The molecule has 0 saturated carbocycles. The van der Waals surface area contributed by atoms with E-state index in [4.69, 9.17) is 23.0 Å². The number of phosphoric ester groups is 1. The van der Waals surface area contributed by atoms with E-state index in [1.165, 1.54) is 0 Å². The fourth-order valence-electron chi connectivity index (χ4n) is 3.43. The van der Waals surface area contributed by atoms with Crippen LogP contribution in [-0.4, -0.2) is 14.2 Å². The molecule has 0 bridgehead atoms. The molecule has 4 aromatic carbocycles. The number of hydrogen-bond acceptors (Lipinski definition) is 6. The molecule has 4 aromatic rings. The minimum absolute atomic E-state index is 0.0950. The molecule has 6 nitrogen and oxygen atoms in total. The molecule has 37 heavy (non-hydrogen) atoms. The maximum atomic E-state index is 13.5. The molecule has 0 radical (unpaired) electrons. The van der Waals surface area contributed by atoms with Crippen molar-refractivity contribution in [2.24, 2.45) is 0 Å². The van der Waals surface area contributed by atoms with E-state index in [-0.39, 0.29) is 13.2 Å². The Hall–Kier alpha value is -3.83. The summed E-state index contributed by atoms with van der Waals surface area (Å²) in [6, 6.07) is 31.8. The second-order valence-electron chi connectivity index (χ2n) is 8.10. The molecule has 0 heterocycles. The van der Waals surface area contributed by atoms with Crippen molar-refractivity contribution in [1.82, 2.24) is 0 Å². The van der Waals surface area contributed by atoms with E-state index in [1.807, 2.05) is 103 Å². The van der Waals surface area contributed by atoms with Crippen molar-refractivity contribution < 1.29 is 27.6 Å². The van der Waals surface area contributed by atoms with Gasteiger partial charge in [-0.25, -0.2) is 4.57 Å². The van der Waals surface area contributed by atoms with Gasteiger partial charge in [0.1, 0.15) is 17.2 Å². The first-order chi connectivity index (χ1) is 18.0. The number of phosphoric acid groups is 1.